The average Bonchev–Trinajstić information content (AvgIpc) is 3.43. The van der Waals surface area contributed by atoms with E-state index < -0.39 is 18.1 Å². The average molecular weight is 702 g/mol. The topological polar surface area (TPSA) is 129 Å². The summed E-state index contributed by atoms with van der Waals surface area (Å²) in [5.41, 5.74) is 7.25. The molecule has 5 aromatic rings. The van der Waals surface area contributed by atoms with Gasteiger partial charge in [-0.1, -0.05) is 86.1 Å². The van der Waals surface area contributed by atoms with Crippen LogP contribution in [0.1, 0.15) is 59.2 Å². The molecular formula is C38H38F3N5O5. The number of hydrogen-bond donors (Lipinski definition) is 2. The van der Waals surface area contributed by atoms with E-state index in [1.807, 2.05) is 77.4 Å². The summed E-state index contributed by atoms with van der Waals surface area (Å²) in [4.78, 5) is 48.1. The summed E-state index contributed by atoms with van der Waals surface area (Å²) in [5.74, 6) is -2.72. The van der Waals surface area contributed by atoms with Crippen molar-refractivity contribution < 1.29 is 37.8 Å². The number of carbonyl (C=O) groups excluding carboxylic acids is 1. The Bertz CT molecular complexity index is 2010. The number of hydrogen-bond acceptors (Lipinski definition) is 5. The molecule has 0 bridgehead atoms. The van der Waals surface area contributed by atoms with Crippen LogP contribution in [0.4, 0.5) is 23.7 Å². The highest BCUT2D eigenvalue weighted by atomic mass is 19.4. The number of aryl methyl sites for hydroxylation is 2. The second-order valence-corrected chi connectivity index (χ2v) is 12.2. The number of anilines is 1. The van der Waals surface area contributed by atoms with Gasteiger partial charge in [0.1, 0.15) is 11.3 Å². The summed E-state index contributed by atoms with van der Waals surface area (Å²) in [7, 11) is 0. The van der Waals surface area contributed by atoms with Gasteiger partial charge in [-0.2, -0.15) is 13.2 Å². The normalized spacial score (nSPS) is 13.2. The Morgan fingerprint density at radius 1 is 0.863 bits per heavy atom. The third kappa shape index (κ3) is 8.72. The van der Waals surface area contributed by atoms with Gasteiger partial charge in [0, 0.05) is 26.1 Å². The van der Waals surface area contributed by atoms with E-state index in [1.54, 1.807) is 12.1 Å². The highest BCUT2D eigenvalue weighted by Gasteiger charge is 2.38. The lowest BCUT2D eigenvalue weighted by Crippen LogP contribution is -2.49. The number of carboxylic acid groups (broad SMARTS) is 2. The van der Waals surface area contributed by atoms with Crippen molar-refractivity contribution in [2.45, 2.75) is 58.8 Å². The number of carbonyl (C=O) groups is 3. The number of rotatable bonds is 10. The fourth-order valence-electron chi connectivity index (χ4n) is 5.99. The van der Waals surface area contributed by atoms with E-state index >= 15 is 0 Å². The number of pyridine rings is 1. The van der Waals surface area contributed by atoms with Crippen LogP contribution in [0.2, 0.25) is 0 Å². The second-order valence-electron chi connectivity index (χ2n) is 12.2. The molecule has 0 spiro atoms. The van der Waals surface area contributed by atoms with Crippen LogP contribution in [0.15, 0.2) is 84.9 Å². The van der Waals surface area contributed by atoms with E-state index in [1.165, 1.54) is 0 Å². The molecule has 6 rings (SSSR count). The highest BCUT2D eigenvalue weighted by Crippen LogP contribution is 2.30. The molecule has 2 amide bonds. The Hall–Kier alpha value is -5.72. The van der Waals surface area contributed by atoms with Crippen LogP contribution in [0, 0.1) is 6.92 Å². The van der Waals surface area contributed by atoms with Crippen LogP contribution in [0.5, 0.6) is 0 Å². The zero-order valence-corrected chi connectivity index (χ0v) is 28.2. The summed E-state index contributed by atoms with van der Waals surface area (Å²) < 4.78 is 33.9. The molecule has 1 aliphatic rings. The molecule has 2 N–H and O–H groups in total. The molecule has 3 heterocycles. The van der Waals surface area contributed by atoms with Gasteiger partial charge >= 0.3 is 24.1 Å². The van der Waals surface area contributed by atoms with E-state index in [-0.39, 0.29) is 11.6 Å². The Morgan fingerprint density at radius 3 is 2.16 bits per heavy atom. The Morgan fingerprint density at radius 2 is 1.51 bits per heavy atom. The number of unbranched alkanes of at least 4 members (excludes halogenated alkanes) is 1. The van der Waals surface area contributed by atoms with Crippen molar-refractivity contribution in [1.29, 1.82) is 0 Å². The van der Waals surface area contributed by atoms with Crippen LogP contribution in [-0.2, 0) is 24.3 Å². The van der Waals surface area contributed by atoms with Gasteiger partial charge in [0.25, 0.3) is 0 Å². The quantitative estimate of drug-likeness (QED) is 0.151. The van der Waals surface area contributed by atoms with E-state index in [9.17, 15) is 27.9 Å². The first-order valence-electron chi connectivity index (χ1n) is 16.6. The summed E-state index contributed by atoms with van der Waals surface area (Å²) in [6.45, 7) is 6.70. The zero-order chi connectivity index (χ0) is 36.7. The standard InChI is InChI=1S/C36H37N5O3.C2HF3O2/c1-3-4-15-33-38-31-22-32(40-21-10-20-39(36(40)44)23-26-11-6-5-7-12-26)25(2)37-34(31)41(33)24-27-16-18-28(19-17-27)29-13-8-9-14-30(29)35(42)43;3-2(4,5)1(6)7/h5-9,11-14,16-19,22H,3-4,10,15,20-21,23-24H2,1-2H3,(H,42,43);(H,6,7). The number of urea groups is 1. The molecule has 1 fully saturated rings. The van der Waals surface area contributed by atoms with E-state index in [4.69, 9.17) is 19.9 Å². The van der Waals surface area contributed by atoms with Gasteiger partial charge < -0.3 is 19.7 Å². The molecule has 0 atom stereocenters. The number of halogens is 3. The molecule has 0 unspecified atom stereocenters. The van der Waals surface area contributed by atoms with Gasteiger partial charge in [0.2, 0.25) is 0 Å². The molecule has 1 saturated heterocycles. The first kappa shape index (κ1) is 36.6. The minimum atomic E-state index is -5.08. The molecule has 51 heavy (non-hydrogen) atoms. The van der Waals surface area contributed by atoms with Crippen molar-refractivity contribution in [3.63, 3.8) is 0 Å². The Labute approximate surface area is 292 Å². The maximum absolute atomic E-state index is 13.6. The van der Waals surface area contributed by atoms with Crippen molar-refractivity contribution in [3.8, 4) is 11.1 Å². The molecule has 3 aromatic carbocycles. The number of imidazole rings is 1. The first-order valence-corrected chi connectivity index (χ1v) is 16.6. The summed E-state index contributed by atoms with van der Waals surface area (Å²) in [5, 5.41) is 16.8. The minimum Gasteiger partial charge on any atom is -0.478 e. The second kappa shape index (κ2) is 15.9. The molecule has 1 aliphatic heterocycles. The Kier molecular flexibility index (Phi) is 11.4. The van der Waals surface area contributed by atoms with Crippen LogP contribution < -0.4 is 4.90 Å². The SMILES string of the molecule is CCCCc1nc2cc(N3CCCN(Cc4ccccc4)C3=O)c(C)nc2n1Cc1ccc(-c2ccccc2C(=O)O)cc1.O=C(O)C(F)(F)F. The molecule has 13 heteroatoms. The minimum absolute atomic E-state index is 0.000413. The van der Waals surface area contributed by atoms with Crippen LogP contribution in [-0.4, -0.2) is 66.9 Å². The van der Waals surface area contributed by atoms with Gasteiger partial charge in [0.15, 0.2) is 5.65 Å². The predicted molar refractivity (Wildman–Crippen MR) is 187 cm³/mol. The largest absolute Gasteiger partial charge is 0.490 e. The number of aromatic nitrogens is 3. The maximum atomic E-state index is 13.6. The van der Waals surface area contributed by atoms with Gasteiger partial charge in [0.05, 0.1) is 23.5 Å². The summed E-state index contributed by atoms with van der Waals surface area (Å²) >= 11 is 0. The molecule has 266 valence electrons. The van der Waals surface area contributed by atoms with Crippen molar-refractivity contribution in [3.05, 3.63) is 113 Å². The molecular weight excluding hydrogens is 663 g/mol. The van der Waals surface area contributed by atoms with Crippen molar-refractivity contribution in [1.82, 2.24) is 19.4 Å². The van der Waals surface area contributed by atoms with Gasteiger partial charge in [-0.05, 0) is 54.2 Å². The van der Waals surface area contributed by atoms with Gasteiger partial charge in [-0.15, -0.1) is 0 Å². The van der Waals surface area contributed by atoms with Crippen LogP contribution in [0.25, 0.3) is 22.3 Å². The number of amides is 2. The van der Waals surface area contributed by atoms with Gasteiger partial charge in [-0.3, -0.25) is 4.90 Å². The molecule has 2 aromatic heterocycles. The summed E-state index contributed by atoms with van der Waals surface area (Å²) in [6.07, 6.45) is -1.30. The van der Waals surface area contributed by atoms with Crippen molar-refractivity contribution in [2.75, 3.05) is 18.0 Å². The van der Waals surface area contributed by atoms with Crippen LogP contribution >= 0.6 is 0 Å². The van der Waals surface area contributed by atoms with Crippen molar-refractivity contribution >= 4 is 34.8 Å². The zero-order valence-electron chi connectivity index (χ0n) is 28.2. The number of alkyl halides is 3. The van der Waals surface area contributed by atoms with Crippen LogP contribution in [0.3, 0.4) is 0 Å². The van der Waals surface area contributed by atoms with E-state index in [0.29, 0.717) is 25.2 Å². The first-order chi connectivity index (χ1) is 24.4. The third-order valence-corrected chi connectivity index (χ3v) is 8.54. The molecule has 0 aliphatic carbocycles. The number of aliphatic carboxylic acids is 1. The number of aromatic carboxylic acids is 1. The summed E-state index contributed by atoms with van der Waals surface area (Å²) in [6, 6.07) is 27.2. The fourth-order valence-corrected chi connectivity index (χ4v) is 5.99. The lowest BCUT2D eigenvalue weighted by atomic mass is 9.99. The lowest BCUT2D eigenvalue weighted by Gasteiger charge is -2.36. The number of benzene rings is 3. The molecule has 0 radical (unpaired) electrons. The highest BCUT2D eigenvalue weighted by molar-refractivity contribution is 5.96. The number of carboxylic acids is 2. The maximum Gasteiger partial charge on any atom is 0.490 e. The number of nitrogens with zero attached hydrogens (tertiary/aromatic N) is 5. The van der Waals surface area contributed by atoms with Crippen molar-refractivity contribution in [2.24, 2.45) is 0 Å². The van der Waals surface area contributed by atoms with E-state index in [2.05, 4.69) is 23.6 Å². The van der Waals surface area contributed by atoms with E-state index in [0.717, 1.165) is 77.3 Å². The lowest BCUT2D eigenvalue weighted by molar-refractivity contribution is -0.192. The predicted octanol–water partition coefficient (Wildman–Crippen LogP) is 7.96. The smallest absolute Gasteiger partial charge is 0.478 e. The van der Waals surface area contributed by atoms with Gasteiger partial charge in [-0.25, -0.2) is 24.4 Å². The molecule has 0 saturated carbocycles. The third-order valence-electron chi connectivity index (χ3n) is 8.54. The number of fused-ring (bicyclic) bond motifs is 1. The molecule has 10 nitrogen and oxygen atoms in total. The fraction of sp³-hybridized carbons (Fsp3) is 0.289. The Balaban J connectivity index is 0.000000654. The monoisotopic (exact) mass is 701 g/mol.